The number of benzene rings is 2. The Morgan fingerprint density at radius 1 is 1.00 bits per heavy atom. The largest absolute Gasteiger partial charge is 0.465 e. The predicted octanol–water partition coefficient (Wildman–Crippen LogP) is 4.01. The first kappa shape index (κ1) is 15.4. The van der Waals surface area contributed by atoms with Crippen molar-refractivity contribution in [3.8, 4) is 11.1 Å². The number of hydrogen-bond acceptors (Lipinski definition) is 3. The van der Waals surface area contributed by atoms with E-state index in [1.165, 1.54) is 0 Å². The van der Waals surface area contributed by atoms with Gasteiger partial charge in [-0.2, -0.15) is 0 Å². The third kappa shape index (κ3) is 4.24. The molecule has 0 aromatic heterocycles. The molecule has 2 aromatic rings. The van der Waals surface area contributed by atoms with Crippen molar-refractivity contribution in [3.63, 3.8) is 0 Å². The third-order valence-corrected chi connectivity index (χ3v) is 2.85. The molecule has 0 atom stereocenters. The van der Waals surface area contributed by atoms with E-state index in [0.717, 1.165) is 11.1 Å². The van der Waals surface area contributed by atoms with Crippen molar-refractivity contribution in [2.45, 2.75) is 6.92 Å². The van der Waals surface area contributed by atoms with Gasteiger partial charge in [-0.3, -0.25) is 10.6 Å². The highest BCUT2D eigenvalue weighted by molar-refractivity contribution is 5.86. The maximum absolute atomic E-state index is 11.4. The standard InChI is InChI=1S/C16H16N2O4/c1-2-22-16(21)18-14-5-3-4-12(10-14)11-6-8-13(9-7-11)17-15(19)20/h3-10,17H,2H2,1H3,(H,18,21)(H,19,20). The molecule has 0 heterocycles. The SMILES string of the molecule is CCOC(=O)Nc1cccc(-c2ccc(NC(=O)O)cc2)c1. The van der Waals surface area contributed by atoms with Gasteiger partial charge in [0.1, 0.15) is 0 Å². The molecular weight excluding hydrogens is 284 g/mol. The Hall–Kier alpha value is -3.02. The molecule has 0 aliphatic heterocycles. The fraction of sp³-hybridized carbons (Fsp3) is 0.125. The second-order valence-electron chi connectivity index (χ2n) is 4.43. The highest BCUT2D eigenvalue weighted by Crippen LogP contribution is 2.24. The Morgan fingerprint density at radius 2 is 1.73 bits per heavy atom. The Bertz CT molecular complexity index is 668. The number of carboxylic acid groups (broad SMARTS) is 1. The molecule has 6 heteroatoms. The van der Waals surface area contributed by atoms with Crippen LogP contribution < -0.4 is 10.6 Å². The van der Waals surface area contributed by atoms with Crippen molar-refractivity contribution in [3.05, 3.63) is 48.5 Å². The molecule has 2 rings (SSSR count). The average molecular weight is 300 g/mol. The van der Waals surface area contributed by atoms with Crippen LogP contribution >= 0.6 is 0 Å². The van der Waals surface area contributed by atoms with Crippen LogP contribution in [-0.2, 0) is 4.74 Å². The number of rotatable bonds is 4. The lowest BCUT2D eigenvalue weighted by atomic mass is 10.0. The molecule has 114 valence electrons. The Labute approximate surface area is 127 Å². The smallest absolute Gasteiger partial charge is 0.411 e. The van der Waals surface area contributed by atoms with Gasteiger partial charge in [-0.05, 0) is 42.3 Å². The first-order valence-electron chi connectivity index (χ1n) is 6.72. The van der Waals surface area contributed by atoms with Crippen molar-refractivity contribution >= 4 is 23.6 Å². The number of hydrogen-bond donors (Lipinski definition) is 3. The predicted molar refractivity (Wildman–Crippen MR) is 84.2 cm³/mol. The van der Waals surface area contributed by atoms with Crippen LogP contribution in [0.15, 0.2) is 48.5 Å². The molecule has 0 aliphatic carbocycles. The van der Waals surface area contributed by atoms with E-state index in [9.17, 15) is 9.59 Å². The first-order chi connectivity index (χ1) is 10.6. The Kier molecular flexibility index (Phi) is 4.98. The summed E-state index contributed by atoms with van der Waals surface area (Å²) in [5.74, 6) is 0. The maximum Gasteiger partial charge on any atom is 0.411 e. The van der Waals surface area contributed by atoms with Crippen molar-refractivity contribution in [2.75, 3.05) is 17.2 Å². The second-order valence-corrected chi connectivity index (χ2v) is 4.43. The maximum atomic E-state index is 11.4. The van der Waals surface area contributed by atoms with Gasteiger partial charge >= 0.3 is 12.2 Å². The second kappa shape index (κ2) is 7.12. The lowest BCUT2D eigenvalue weighted by Gasteiger charge is -2.08. The van der Waals surface area contributed by atoms with Crippen molar-refractivity contribution in [1.82, 2.24) is 0 Å². The minimum absolute atomic E-state index is 0.309. The fourth-order valence-corrected chi connectivity index (χ4v) is 1.93. The summed E-state index contributed by atoms with van der Waals surface area (Å²) in [4.78, 5) is 22.0. The number of anilines is 2. The summed E-state index contributed by atoms with van der Waals surface area (Å²) in [5.41, 5.74) is 2.93. The van der Waals surface area contributed by atoms with Gasteiger partial charge in [0.2, 0.25) is 0 Å². The molecule has 0 bridgehead atoms. The molecule has 0 unspecified atom stereocenters. The molecule has 2 amide bonds. The van der Waals surface area contributed by atoms with E-state index in [1.54, 1.807) is 37.3 Å². The van der Waals surface area contributed by atoms with Gasteiger partial charge in [0.15, 0.2) is 0 Å². The van der Waals surface area contributed by atoms with Gasteiger partial charge in [0, 0.05) is 11.4 Å². The van der Waals surface area contributed by atoms with Crippen molar-refractivity contribution in [2.24, 2.45) is 0 Å². The number of ether oxygens (including phenoxy) is 1. The van der Waals surface area contributed by atoms with E-state index in [-0.39, 0.29) is 0 Å². The van der Waals surface area contributed by atoms with E-state index in [4.69, 9.17) is 9.84 Å². The molecule has 0 spiro atoms. The Balaban J connectivity index is 2.15. The molecule has 2 aromatic carbocycles. The van der Waals surface area contributed by atoms with E-state index in [2.05, 4.69) is 10.6 Å². The summed E-state index contributed by atoms with van der Waals surface area (Å²) >= 11 is 0. The molecule has 0 aliphatic rings. The van der Waals surface area contributed by atoms with Gasteiger partial charge in [0.05, 0.1) is 6.61 Å². The van der Waals surface area contributed by atoms with Crippen molar-refractivity contribution < 1.29 is 19.4 Å². The summed E-state index contributed by atoms with van der Waals surface area (Å²) in [6.45, 7) is 2.05. The normalized spacial score (nSPS) is 9.86. The third-order valence-electron chi connectivity index (χ3n) is 2.85. The summed E-state index contributed by atoms with van der Waals surface area (Å²) in [7, 11) is 0. The molecular formula is C16H16N2O4. The molecule has 0 saturated carbocycles. The number of amides is 2. The number of carbonyl (C=O) groups is 2. The highest BCUT2D eigenvalue weighted by Gasteiger charge is 2.04. The van der Waals surface area contributed by atoms with Gasteiger partial charge in [0.25, 0.3) is 0 Å². The van der Waals surface area contributed by atoms with E-state index in [1.807, 2.05) is 18.2 Å². The van der Waals surface area contributed by atoms with E-state index < -0.39 is 12.2 Å². The minimum Gasteiger partial charge on any atom is -0.465 e. The van der Waals surface area contributed by atoms with E-state index in [0.29, 0.717) is 18.0 Å². The highest BCUT2D eigenvalue weighted by atomic mass is 16.5. The van der Waals surface area contributed by atoms with Crippen LogP contribution in [0.1, 0.15) is 6.92 Å². The first-order valence-corrected chi connectivity index (χ1v) is 6.72. The van der Waals surface area contributed by atoms with Crippen LogP contribution in [0, 0.1) is 0 Å². The number of carbonyl (C=O) groups excluding carboxylic acids is 1. The van der Waals surface area contributed by atoms with Gasteiger partial charge in [-0.1, -0.05) is 24.3 Å². The lowest BCUT2D eigenvalue weighted by Crippen LogP contribution is -2.13. The quantitative estimate of drug-likeness (QED) is 0.796. The Morgan fingerprint density at radius 3 is 2.36 bits per heavy atom. The summed E-state index contributed by atoms with van der Waals surface area (Å²) in [6.07, 6.45) is -1.60. The van der Waals surface area contributed by atoms with Gasteiger partial charge in [-0.25, -0.2) is 9.59 Å². The molecule has 0 radical (unpaired) electrons. The fourth-order valence-electron chi connectivity index (χ4n) is 1.93. The molecule has 22 heavy (non-hydrogen) atoms. The van der Waals surface area contributed by atoms with E-state index >= 15 is 0 Å². The lowest BCUT2D eigenvalue weighted by molar-refractivity contribution is 0.168. The van der Waals surface area contributed by atoms with Crippen LogP contribution in [0.3, 0.4) is 0 Å². The number of nitrogens with one attached hydrogen (secondary N) is 2. The monoisotopic (exact) mass is 300 g/mol. The summed E-state index contributed by atoms with van der Waals surface area (Å²) < 4.78 is 4.83. The van der Waals surface area contributed by atoms with Gasteiger partial charge in [-0.15, -0.1) is 0 Å². The molecule has 3 N–H and O–H groups in total. The molecule has 0 fully saturated rings. The zero-order valence-corrected chi connectivity index (χ0v) is 12.0. The van der Waals surface area contributed by atoms with Crippen LogP contribution in [0.4, 0.5) is 21.0 Å². The zero-order chi connectivity index (χ0) is 15.9. The topological polar surface area (TPSA) is 87.7 Å². The van der Waals surface area contributed by atoms with Crippen LogP contribution in [0.2, 0.25) is 0 Å². The minimum atomic E-state index is -1.10. The summed E-state index contributed by atoms with van der Waals surface area (Å²) in [6, 6.07) is 14.3. The van der Waals surface area contributed by atoms with Crippen LogP contribution in [-0.4, -0.2) is 23.9 Å². The van der Waals surface area contributed by atoms with Crippen LogP contribution in [0.5, 0.6) is 0 Å². The van der Waals surface area contributed by atoms with Gasteiger partial charge < -0.3 is 9.84 Å². The zero-order valence-electron chi connectivity index (χ0n) is 12.0. The summed E-state index contributed by atoms with van der Waals surface area (Å²) in [5, 5.41) is 13.6. The molecule has 0 saturated heterocycles. The average Bonchev–Trinajstić information content (AvgIpc) is 2.48. The van der Waals surface area contributed by atoms with Crippen LogP contribution in [0.25, 0.3) is 11.1 Å². The molecule has 6 nitrogen and oxygen atoms in total. The van der Waals surface area contributed by atoms with Crippen molar-refractivity contribution in [1.29, 1.82) is 0 Å².